The summed E-state index contributed by atoms with van der Waals surface area (Å²) in [6.45, 7) is 4.18. The minimum atomic E-state index is -0.555. The number of rotatable bonds is 6. The molecule has 0 spiro atoms. The van der Waals surface area contributed by atoms with Crippen LogP contribution in [-0.4, -0.2) is 25.2 Å². The largest absolute Gasteiger partial charge is 0.466 e. The Balaban J connectivity index is 2.05. The summed E-state index contributed by atoms with van der Waals surface area (Å²) in [5.74, 6) is -1.85. The Morgan fingerprint density at radius 3 is 1.39 bits per heavy atom. The smallest absolute Gasteiger partial charge is 0.310 e. The molecule has 1 fully saturated rings. The fourth-order valence-corrected chi connectivity index (χ4v) is 4.47. The summed E-state index contributed by atoms with van der Waals surface area (Å²) >= 11 is 0. The van der Waals surface area contributed by atoms with E-state index in [9.17, 15) is 9.59 Å². The van der Waals surface area contributed by atoms with Gasteiger partial charge in [0.25, 0.3) is 0 Å². The molecule has 0 aromatic heterocycles. The second-order valence-electron chi connectivity index (χ2n) is 7.17. The first-order valence-corrected chi connectivity index (χ1v) is 10.1. The van der Waals surface area contributed by atoms with Crippen LogP contribution in [0.1, 0.15) is 49.7 Å². The van der Waals surface area contributed by atoms with Gasteiger partial charge < -0.3 is 9.47 Å². The highest BCUT2D eigenvalue weighted by molar-refractivity contribution is 5.84. The second kappa shape index (κ2) is 9.54. The van der Waals surface area contributed by atoms with Crippen LogP contribution in [0, 0.1) is 11.8 Å². The Hall–Kier alpha value is -2.62. The molecule has 28 heavy (non-hydrogen) atoms. The van der Waals surface area contributed by atoms with E-state index in [1.54, 1.807) is 13.8 Å². The van der Waals surface area contributed by atoms with E-state index < -0.39 is 11.8 Å². The standard InChI is InChI=1S/C24H28O4/c1-3-27-23(25)21-19(17-11-7-5-8-12-17)15-16-20(18-13-9-6-10-14-18)22(21)24(26)28-4-2/h5-14,19-22H,3-4,15-16H2,1-2H3. The molecule has 1 aliphatic rings. The molecular weight excluding hydrogens is 352 g/mol. The summed E-state index contributed by atoms with van der Waals surface area (Å²) in [7, 11) is 0. The van der Waals surface area contributed by atoms with Crippen LogP contribution >= 0.6 is 0 Å². The fourth-order valence-electron chi connectivity index (χ4n) is 4.47. The van der Waals surface area contributed by atoms with Crippen LogP contribution in [0.25, 0.3) is 0 Å². The number of hydrogen-bond acceptors (Lipinski definition) is 4. The molecule has 3 rings (SSSR count). The van der Waals surface area contributed by atoms with E-state index in [0.717, 1.165) is 24.0 Å². The van der Waals surface area contributed by atoms with Gasteiger partial charge in [0, 0.05) is 0 Å². The summed E-state index contributed by atoms with van der Waals surface area (Å²) in [4.78, 5) is 26.1. The molecule has 0 bridgehead atoms. The quantitative estimate of drug-likeness (QED) is 0.681. The molecule has 0 heterocycles. The van der Waals surface area contributed by atoms with Gasteiger partial charge in [-0.25, -0.2) is 0 Å². The first kappa shape index (κ1) is 20.1. The molecular formula is C24H28O4. The van der Waals surface area contributed by atoms with Crippen LogP contribution in [0.5, 0.6) is 0 Å². The fraction of sp³-hybridized carbons (Fsp3) is 0.417. The zero-order chi connectivity index (χ0) is 19.9. The van der Waals surface area contributed by atoms with Gasteiger partial charge in [0.1, 0.15) is 0 Å². The monoisotopic (exact) mass is 380 g/mol. The molecule has 4 nitrogen and oxygen atoms in total. The van der Waals surface area contributed by atoms with Gasteiger partial charge in [-0.05, 0) is 49.7 Å². The Bertz CT molecular complexity index is 704. The van der Waals surface area contributed by atoms with Crippen LogP contribution in [0.4, 0.5) is 0 Å². The van der Waals surface area contributed by atoms with Gasteiger partial charge >= 0.3 is 11.9 Å². The molecule has 4 atom stereocenters. The van der Waals surface area contributed by atoms with E-state index in [1.165, 1.54) is 0 Å². The van der Waals surface area contributed by atoms with Crippen molar-refractivity contribution in [2.24, 2.45) is 11.8 Å². The van der Waals surface area contributed by atoms with Crippen LogP contribution < -0.4 is 0 Å². The topological polar surface area (TPSA) is 52.6 Å². The van der Waals surface area contributed by atoms with E-state index in [2.05, 4.69) is 0 Å². The van der Waals surface area contributed by atoms with Gasteiger partial charge in [-0.1, -0.05) is 60.7 Å². The normalized spacial score (nSPS) is 24.4. The molecule has 2 aromatic rings. The minimum absolute atomic E-state index is 0.0605. The van der Waals surface area contributed by atoms with Gasteiger partial charge in [-0.3, -0.25) is 9.59 Å². The first-order chi connectivity index (χ1) is 13.7. The van der Waals surface area contributed by atoms with Gasteiger partial charge in [0.2, 0.25) is 0 Å². The predicted molar refractivity (Wildman–Crippen MR) is 108 cm³/mol. The predicted octanol–water partition coefficient (Wildman–Crippen LogP) is 4.71. The summed E-state index contributed by atoms with van der Waals surface area (Å²) in [6.07, 6.45) is 1.64. The number of esters is 2. The van der Waals surface area contributed by atoms with Crippen molar-refractivity contribution < 1.29 is 19.1 Å². The highest BCUT2D eigenvalue weighted by Crippen LogP contribution is 2.49. The SMILES string of the molecule is CCOC(=O)C1C(c2ccccc2)CCC(c2ccccc2)C1C(=O)OCC. The molecule has 0 amide bonds. The molecule has 4 unspecified atom stereocenters. The van der Waals surface area contributed by atoms with Crippen LogP contribution in [0.15, 0.2) is 60.7 Å². The Morgan fingerprint density at radius 2 is 1.07 bits per heavy atom. The van der Waals surface area contributed by atoms with Crippen molar-refractivity contribution in [2.45, 2.75) is 38.5 Å². The first-order valence-electron chi connectivity index (χ1n) is 10.1. The molecule has 1 aliphatic carbocycles. The van der Waals surface area contributed by atoms with Crippen LogP contribution in [0.2, 0.25) is 0 Å². The van der Waals surface area contributed by atoms with Crippen molar-refractivity contribution in [3.05, 3.63) is 71.8 Å². The van der Waals surface area contributed by atoms with Crippen molar-refractivity contribution in [3.8, 4) is 0 Å². The lowest BCUT2D eigenvalue weighted by Gasteiger charge is -2.41. The van der Waals surface area contributed by atoms with Crippen molar-refractivity contribution in [1.29, 1.82) is 0 Å². The Kier molecular flexibility index (Phi) is 6.85. The van der Waals surface area contributed by atoms with Crippen molar-refractivity contribution >= 4 is 11.9 Å². The van der Waals surface area contributed by atoms with Crippen LogP contribution in [-0.2, 0) is 19.1 Å². The summed E-state index contributed by atoms with van der Waals surface area (Å²) in [5, 5.41) is 0. The third kappa shape index (κ3) is 4.27. The molecule has 0 N–H and O–H groups in total. The van der Waals surface area contributed by atoms with E-state index in [1.807, 2.05) is 60.7 Å². The second-order valence-corrected chi connectivity index (χ2v) is 7.17. The van der Waals surface area contributed by atoms with E-state index in [4.69, 9.17) is 9.47 Å². The third-order valence-electron chi connectivity index (χ3n) is 5.62. The highest BCUT2D eigenvalue weighted by atomic mass is 16.5. The maximum atomic E-state index is 13.0. The van der Waals surface area contributed by atoms with E-state index >= 15 is 0 Å². The zero-order valence-corrected chi connectivity index (χ0v) is 16.5. The molecule has 0 saturated heterocycles. The molecule has 4 heteroatoms. The Labute approximate surface area is 166 Å². The van der Waals surface area contributed by atoms with Gasteiger partial charge in [0.15, 0.2) is 0 Å². The lowest BCUT2D eigenvalue weighted by atomic mass is 9.63. The number of carbonyl (C=O) groups excluding carboxylic acids is 2. The summed E-state index contributed by atoms with van der Waals surface area (Å²) < 4.78 is 10.9. The van der Waals surface area contributed by atoms with Crippen molar-refractivity contribution in [1.82, 2.24) is 0 Å². The Morgan fingerprint density at radius 1 is 0.714 bits per heavy atom. The summed E-state index contributed by atoms with van der Waals surface area (Å²) in [5.41, 5.74) is 2.14. The molecule has 148 valence electrons. The highest BCUT2D eigenvalue weighted by Gasteiger charge is 2.49. The number of ether oxygens (including phenoxy) is 2. The zero-order valence-electron chi connectivity index (χ0n) is 16.5. The summed E-state index contributed by atoms with van der Waals surface area (Å²) in [6, 6.07) is 19.9. The molecule has 0 aliphatic heterocycles. The van der Waals surface area contributed by atoms with Gasteiger partial charge in [-0.2, -0.15) is 0 Å². The maximum absolute atomic E-state index is 13.0. The molecule has 1 saturated carbocycles. The minimum Gasteiger partial charge on any atom is -0.466 e. The van der Waals surface area contributed by atoms with Crippen LogP contribution in [0.3, 0.4) is 0 Å². The molecule has 0 radical (unpaired) electrons. The lowest BCUT2D eigenvalue weighted by Crippen LogP contribution is -2.43. The van der Waals surface area contributed by atoms with E-state index in [-0.39, 0.29) is 23.8 Å². The maximum Gasteiger partial charge on any atom is 0.310 e. The third-order valence-corrected chi connectivity index (χ3v) is 5.62. The average Bonchev–Trinajstić information content (AvgIpc) is 2.74. The van der Waals surface area contributed by atoms with Crippen molar-refractivity contribution in [3.63, 3.8) is 0 Å². The molecule has 2 aromatic carbocycles. The van der Waals surface area contributed by atoms with Crippen molar-refractivity contribution in [2.75, 3.05) is 13.2 Å². The number of benzene rings is 2. The average molecular weight is 380 g/mol. The number of carbonyl (C=O) groups is 2. The van der Waals surface area contributed by atoms with Gasteiger partial charge in [-0.15, -0.1) is 0 Å². The lowest BCUT2D eigenvalue weighted by molar-refractivity contribution is -0.164. The van der Waals surface area contributed by atoms with E-state index in [0.29, 0.717) is 13.2 Å². The number of hydrogen-bond donors (Lipinski definition) is 0. The van der Waals surface area contributed by atoms with Gasteiger partial charge in [0.05, 0.1) is 25.0 Å².